The summed E-state index contributed by atoms with van der Waals surface area (Å²) in [4.78, 5) is 0. The minimum absolute atomic E-state index is 0.0151. The van der Waals surface area contributed by atoms with Gasteiger partial charge in [0.15, 0.2) is 6.10 Å². The highest BCUT2D eigenvalue weighted by Crippen LogP contribution is 2.37. The number of hydrogen-bond donors (Lipinski definition) is 0. The predicted octanol–water partition coefficient (Wildman–Crippen LogP) is 4.13. The second-order valence-corrected chi connectivity index (χ2v) is 3.87. The monoisotopic (exact) mass is 277 g/mol. The third kappa shape index (κ3) is 3.54. The van der Waals surface area contributed by atoms with Crippen molar-refractivity contribution >= 4 is 11.6 Å². The van der Waals surface area contributed by atoms with Crippen molar-refractivity contribution in [2.75, 3.05) is 0 Å². The lowest BCUT2D eigenvalue weighted by Gasteiger charge is -2.17. The van der Waals surface area contributed by atoms with Crippen LogP contribution in [0.1, 0.15) is 24.5 Å². The largest absolute Gasteiger partial charge is 0.475 e. The van der Waals surface area contributed by atoms with Crippen molar-refractivity contribution in [3.8, 4) is 11.8 Å². The lowest BCUT2D eigenvalue weighted by atomic mass is 10.1. The summed E-state index contributed by atoms with van der Waals surface area (Å²) >= 11 is 5.50. The van der Waals surface area contributed by atoms with E-state index >= 15 is 0 Å². The van der Waals surface area contributed by atoms with E-state index in [0.717, 1.165) is 6.07 Å². The maximum Gasteiger partial charge on any atom is 0.419 e. The van der Waals surface area contributed by atoms with Crippen LogP contribution in [0.15, 0.2) is 18.2 Å². The van der Waals surface area contributed by atoms with E-state index in [0.29, 0.717) is 12.0 Å². The lowest BCUT2D eigenvalue weighted by molar-refractivity contribution is -0.139. The molecule has 0 heterocycles. The molecule has 1 atom stereocenters. The molecular weight excluding hydrogens is 267 g/mol. The van der Waals surface area contributed by atoms with Crippen LogP contribution in [0.25, 0.3) is 0 Å². The zero-order valence-corrected chi connectivity index (χ0v) is 10.3. The fourth-order valence-corrected chi connectivity index (χ4v) is 1.51. The molecule has 18 heavy (non-hydrogen) atoms. The van der Waals surface area contributed by atoms with Crippen LogP contribution in [0.2, 0.25) is 0 Å². The molecule has 0 aromatic heterocycles. The third-order valence-electron chi connectivity index (χ3n) is 2.29. The Kier molecular flexibility index (Phi) is 4.85. The highest BCUT2D eigenvalue weighted by Gasteiger charge is 2.35. The summed E-state index contributed by atoms with van der Waals surface area (Å²) in [5.74, 6) is -0.358. The molecule has 0 spiro atoms. The molecule has 0 radical (unpaired) electrons. The summed E-state index contributed by atoms with van der Waals surface area (Å²) < 4.78 is 43.5. The fraction of sp³-hybridized carbons (Fsp3) is 0.417. The molecule has 1 rings (SSSR count). The molecule has 0 N–H and O–H groups in total. The van der Waals surface area contributed by atoms with Gasteiger partial charge in [0.1, 0.15) is 11.8 Å². The van der Waals surface area contributed by atoms with Gasteiger partial charge < -0.3 is 4.74 Å². The summed E-state index contributed by atoms with van der Waals surface area (Å²) in [6.45, 7) is 1.66. The average Bonchev–Trinajstić information content (AvgIpc) is 2.34. The Labute approximate surface area is 108 Å². The molecule has 0 amide bonds. The van der Waals surface area contributed by atoms with E-state index in [1.807, 2.05) is 0 Å². The predicted molar refractivity (Wildman–Crippen MR) is 61.3 cm³/mol. The zero-order valence-electron chi connectivity index (χ0n) is 9.59. The second kappa shape index (κ2) is 5.96. The first kappa shape index (κ1) is 14.7. The maximum absolute atomic E-state index is 12.8. The first-order chi connectivity index (χ1) is 8.42. The molecule has 0 aliphatic heterocycles. The van der Waals surface area contributed by atoms with Gasteiger partial charge in [-0.3, -0.25) is 0 Å². The van der Waals surface area contributed by atoms with Gasteiger partial charge in [0.25, 0.3) is 0 Å². The molecule has 0 saturated heterocycles. The van der Waals surface area contributed by atoms with E-state index in [1.54, 1.807) is 13.0 Å². The van der Waals surface area contributed by atoms with Gasteiger partial charge in [-0.05, 0) is 24.1 Å². The molecule has 6 heteroatoms. The second-order valence-electron chi connectivity index (χ2n) is 3.61. The minimum atomic E-state index is -4.54. The van der Waals surface area contributed by atoms with Crippen molar-refractivity contribution in [1.82, 2.24) is 0 Å². The van der Waals surface area contributed by atoms with Crippen LogP contribution in [0.3, 0.4) is 0 Å². The van der Waals surface area contributed by atoms with E-state index in [9.17, 15) is 13.2 Å². The standard InChI is InChI=1S/C12H11ClF3NO/c1-2-9(7-17)18-11-4-3-8(6-13)5-10(11)12(14,15)16/h3-5,9H,2,6H2,1H3. The van der Waals surface area contributed by atoms with Crippen LogP contribution in [0.5, 0.6) is 5.75 Å². The normalized spacial score (nSPS) is 12.9. The molecule has 0 fully saturated rings. The third-order valence-corrected chi connectivity index (χ3v) is 2.60. The van der Waals surface area contributed by atoms with Crippen LogP contribution >= 0.6 is 11.6 Å². The quantitative estimate of drug-likeness (QED) is 0.776. The molecular formula is C12H11ClF3NO. The van der Waals surface area contributed by atoms with Crippen molar-refractivity contribution in [3.63, 3.8) is 0 Å². The first-order valence-corrected chi connectivity index (χ1v) is 5.78. The summed E-state index contributed by atoms with van der Waals surface area (Å²) in [5.41, 5.74) is -0.560. The van der Waals surface area contributed by atoms with Gasteiger partial charge in [0.05, 0.1) is 5.56 Å². The topological polar surface area (TPSA) is 33.0 Å². The SMILES string of the molecule is CCC(C#N)Oc1ccc(CCl)cc1C(F)(F)F. The van der Waals surface area contributed by atoms with Gasteiger partial charge in [-0.2, -0.15) is 18.4 Å². The van der Waals surface area contributed by atoms with Gasteiger partial charge in [-0.1, -0.05) is 13.0 Å². The summed E-state index contributed by atoms with van der Waals surface area (Å²) in [6, 6.07) is 5.37. The molecule has 0 aliphatic carbocycles. The van der Waals surface area contributed by atoms with Crippen molar-refractivity contribution in [2.45, 2.75) is 31.5 Å². The molecule has 0 saturated carbocycles. The maximum atomic E-state index is 12.8. The Morgan fingerprint density at radius 2 is 2.11 bits per heavy atom. The smallest absolute Gasteiger partial charge is 0.419 e. The van der Waals surface area contributed by atoms with E-state index < -0.39 is 17.8 Å². The number of ether oxygens (including phenoxy) is 1. The Balaban J connectivity index is 3.15. The number of alkyl halides is 4. The van der Waals surface area contributed by atoms with Gasteiger partial charge in [-0.15, -0.1) is 11.6 Å². The summed E-state index contributed by atoms with van der Waals surface area (Å²) in [7, 11) is 0. The number of nitriles is 1. The van der Waals surface area contributed by atoms with Crippen LogP contribution in [0, 0.1) is 11.3 Å². The van der Waals surface area contributed by atoms with E-state index in [-0.39, 0.29) is 11.6 Å². The number of benzene rings is 1. The summed E-state index contributed by atoms with van der Waals surface area (Å²) in [6.07, 6.45) is -5.12. The Bertz CT molecular complexity index is 454. The van der Waals surface area contributed by atoms with Crippen LogP contribution in [-0.4, -0.2) is 6.10 Å². The van der Waals surface area contributed by atoms with Crippen molar-refractivity contribution in [1.29, 1.82) is 5.26 Å². The average molecular weight is 278 g/mol. The number of halogens is 4. The minimum Gasteiger partial charge on any atom is -0.475 e. The Morgan fingerprint density at radius 1 is 1.44 bits per heavy atom. The van der Waals surface area contributed by atoms with E-state index in [2.05, 4.69) is 0 Å². The molecule has 2 nitrogen and oxygen atoms in total. The van der Waals surface area contributed by atoms with Crippen LogP contribution in [0.4, 0.5) is 13.2 Å². The van der Waals surface area contributed by atoms with Gasteiger partial charge in [0.2, 0.25) is 0 Å². The number of nitrogens with zero attached hydrogens (tertiary/aromatic N) is 1. The molecule has 0 aliphatic rings. The van der Waals surface area contributed by atoms with Crippen LogP contribution < -0.4 is 4.74 Å². The van der Waals surface area contributed by atoms with Crippen molar-refractivity contribution < 1.29 is 17.9 Å². The zero-order chi connectivity index (χ0) is 13.8. The first-order valence-electron chi connectivity index (χ1n) is 5.24. The molecule has 1 aromatic rings. The van der Waals surface area contributed by atoms with Gasteiger partial charge in [-0.25, -0.2) is 0 Å². The Morgan fingerprint density at radius 3 is 2.56 bits per heavy atom. The molecule has 0 bridgehead atoms. The van der Waals surface area contributed by atoms with Crippen molar-refractivity contribution in [3.05, 3.63) is 29.3 Å². The number of hydrogen-bond acceptors (Lipinski definition) is 2. The highest BCUT2D eigenvalue weighted by atomic mass is 35.5. The van der Waals surface area contributed by atoms with E-state index in [1.165, 1.54) is 12.1 Å². The highest BCUT2D eigenvalue weighted by molar-refractivity contribution is 6.17. The molecule has 1 unspecified atom stereocenters. The van der Waals surface area contributed by atoms with Gasteiger partial charge in [0, 0.05) is 5.88 Å². The molecule has 1 aromatic carbocycles. The van der Waals surface area contributed by atoms with Gasteiger partial charge >= 0.3 is 6.18 Å². The Hall–Kier alpha value is -1.41. The van der Waals surface area contributed by atoms with E-state index in [4.69, 9.17) is 21.6 Å². The fourth-order valence-electron chi connectivity index (χ4n) is 1.34. The van der Waals surface area contributed by atoms with Crippen molar-refractivity contribution in [2.24, 2.45) is 0 Å². The number of rotatable bonds is 4. The molecule has 98 valence electrons. The lowest BCUT2D eigenvalue weighted by Crippen LogP contribution is -2.16. The van der Waals surface area contributed by atoms with Crippen LogP contribution in [-0.2, 0) is 12.1 Å². The summed E-state index contributed by atoms with van der Waals surface area (Å²) in [5, 5.41) is 8.70.